The van der Waals surface area contributed by atoms with E-state index in [1.54, 1.807) is 12.0 Å². The predicted octanol–water partition coefficient (Wildman–Crippen LogP) is 5.78. The molecular weight excluding hydrogens is 434 g/mol. The number of anilines is 1. The van der Waals surface area contributed by atoms with E-state index in [2.05, 4.69) is 18.7 Å². The Morgan fingerprint density at radius 1 is 1.09 bits per heavy atom. The fourth-order valence-corrected chi connectivity index (χ4v) is 4.70. The maximum absolute atomic E-state index is 13.7. The van der Waals surface area contributed by atoms with Crippen LogP contribution in [0.15, 0.2) is 36.4 Å². The quantitative estimate of drug-likeness (QED) is 0.315. The molecule has 2 aromatic carbocycles. The number of unbranched alkanes of at least 4 members (excludes halogenated alkanes) is 2. The fraction of sp³-hybridized carbons (Fsp3) is 0.462. The standard InChI is InChI=1S/C26H35N3O3S/c1-6-7-8-17-32-21-12-9-11-20(18-21)25(30)29(16-10-15-28(3)4)26-27-23-22(31-5)14-13-19(2)24(23)33-26/h9,11-14,18H,6-8,10,15-17H2,1-5H3. The van der Waals surface area contributed by atoms with Gasteiger partial charge in [0.15, 0.2) is 5.13 Å². The maximum Gasteiger partial charge on any atom is 0.260 e. The summed E-state index contributed by atoms with van der Waals surface area (Å²) in [5, 5.41) is 0.690. The molecule has 6 nitrogen and oxygen atoms in total. The zero-order valence-corrected chi connectivity index (χ0v) is 21.2. The smallest absolute Gasteiger partial charge is 0.260 e. The summed E-state index contributed by atoms with van der Waals surface area (Å²) in [6.07, 6.45) is 4.14. The molecule has 178 valence electrons. The Bertz CT molecular complexity index is 1060. The molecule has 0 aliphatic carbocycles. The first-order chi connectivity index (χ1) is 15.9. The highest BCUT2D eigenvalue weighted by atomic mass is 32.1. The van der Waals surface area contributed by atoms with E-state index in [9.17, 15) is 4.79 Å². The summed E-state index contributed by atoms with van der Waals surface area (Å²) in [6, 6.07) is 11.4. The molecule has 0 radical (unpaired) electrons. The summed E-state index contributed by atoms with van der Waals surface area (Å²) in [4.78, 5) is 22.4. The maximum atomic E-state index is 13.7. The van der Waals surface area contributed by atoms with Crippen LogP contribution in [0.4, 0.5) is 5.13 Å². The van der Waals surface area contributed by atoms with Crippen LogP contribution in [0.3, 0.4) is 0 Å². The Hall–Kier alpha value is -2.64. The molecule has 1 heterocycles. The number of fused-ring (bicyclic) bond motifs is 1. The Morgan fingerprint density at radius 2 is 1.91 bits per heavy atom. The van der Waals surface area contributed by atoms with E-state index in [1.165, 1.54) is 11.3 Å². The van der Waals surface area contributed by atoms with Crippen molar-refractivity contribution in [1.29, 1.82) is 0 Å². The zero-order chi connectivity index (χ0) is 23.8. The van der Waals surface area contributed by atoms with Gasteiger partial charge in [-0.05, 0) is 70.2 Å². The summed E-state index contributed by atoms with van der Waals surface area (Å²) < 4.78 is 12.4. The van der Waals surface area contributed by atoms with Crippen molar-refractivity contribution >= 4 is 32.6 Å². The molecule has 0 aliphatic heterocycles. The minimum absolute atomic E-state index is 0.0663. The van der Waals surface area contributed by atoms with E-state index < -0.39 is 0 Å². The lowest BCUT2D eigenvalue weighted by Gasteiger charge is -2.21. The van der Waals surface area contributed by atoms with Gasteiger partial charge in [-0.1, -0.05) is 43.2 Å². The number of hydrogen-bond donors (Lipinski definition) is 0. The monoisotopic (exact) mass is 469 g/mol. The van der Waals surface area contributed by atoms with Gasteiger partial charge in [-0.15, -0.1) is 0 Å². The Labute approximate surface area is 201 Å². The molecule has 0 bridgehead atoms. The number of amides is 1. The van der Waals surface area contributed by atoms with Crippen LogP contribution in [0.25, 0.3) is 10.2 Å². The number of aromatic nitrogens is 1. The van der Waals surface area contributed by atoms with E-state index >= 15 is 0 Å². The molecule has 0 aliphatic rings. The molecule has 0 saturated carbocycles. The molecule has 33 heavy (non-hydrogen) atoms. The van der Waals surface area contributed by atoms with Crippen LogP contribution < -0.4 is 14.4 Å². The second-order valence-electron chi connectivity index (χ2n) is 8.46. The van der Waals surface area contributed by atoms with Crippen LogP contribution in [0, 0.1) is 6.92 Å². The van der Waals surface area contributed by atoms with Crippen molar-refractivity contribution in [2.24, 2.45) is 0 Å². The van der Waals surface area contributed by atoms with Crippen molar-refractivity contribution in [3.63, 3.8) is 0 Å². The fourth-order valence-electron chi connectivity index (χ4n) is 3.62. The van der Waals surface area contributed by atoms with Gasteiger partial charge in [0.25, 0.3) is 5.91 Å². The number of thiazole rings is 1. The lowest BCUT2D eigenvalue weighted by Crippen LogP contribution is -2.33. The Morgan fingerprint density at radius 3 is 2.64 bits per heavy atom. The van der Waals surface area contributed by atoms with Gasteiger partial charge in [0.2, 0.25) is 0 Å². The molecule has 3 aromatic rings. The van der Waals surface area contributed by atoms with Crippen molar-refractivity contribution in [2.45, 2.75) is 39.5 Å². The Balaban J connectivity index is 1.90. The number of methoxy groups -OCH3 is 1. The second-order valence-corrected chi connectivity index (χ2v) is 9.43. The molecule has 1 aromatic heterocycles. The van der Waals surface area contributed by atoms with E-state index in [0.29, 0.717) is 23.8 Å². The van der Waals surface area contributed by atoms with Gasteiger partial charge in [-0.2, -0.15) is 0 Å². The molecule has 7 heteroatoms. The molecule has 0 unspecified atom stereocenters. The molecule has 0 fully saturated rings. The highest BCUT2D eigenvalue weighted by Crippen LogP contribution is 2.37. The first-order valence-electron chi connectivity index (χ1n) is 11.6. The van der Waals surface area contributed by atoms with Crippen molar-refractivity contribution in [3.05, 3.63) is 47.5 Å². The van der Waals surface area contributed by atoms with Crippen molar-refractivity contribution in [3.8, 4) is 11.5 Å². The summed E-state index contributed by atoms with van der Waals surface area (Å²) >= 11 is 1.54. The average Bonchev–Trinajstić information content (AvgIpc) is 3.25. The van der Waals surface area contributed by atoms with Crippen LogP contribution in [0.1, 0.15) is 48.5 Å². The first kappa shape index (κ1) is 25.0. The number of ether oxygens (including phenoxy) is 2. The minimum atomic E-state index is -0.0663. The van der Waals surface area contributed by atoms with Crippen LogP contribution in [-0.2, 0) is 0 Å². The number of rotatable bonds is 12. The molecule has 1 amide bonds. The third-order valence-electron chi connectivity index (χ3n) is 5.47. The predicted molar refractivity (Wildman–Crippen MR) is 137 cm³/mol. The lowest BCUT2D eigenvalue weighted by molar-refractivity contribution is 0.0985. The van der Waals surface area contributed by atoms with Crippen LogP contribution in [0.5, 0.6) is 11.5 Å². The van der Waals surface area contributed by atoms with Gasteiger partial charge in [0, 0.05) is 12.1 Å². The summed E-state index contributed by atoms with van der Waals surface area (Å²) in [7, 11) is 5.73. The second kappa shape index (κ2) is 12.0. The highest BCUT2D eigenvalue weighted by molar-refractivity contribution is 7.22. The SMILES string of the molecule is CCCCCOc1cccc(C(=O)N(CCCN(C)C)c2nc3c(OC)ccc(C)c3s2)c1. The average molecular weight is 470 g/mol. The topological polar surface area (TPSA) is 54.9 Å². The summed E-state index contributed by atoms with van der Waals surface area (Å²) in [6.45, 7) is 6.36. The highest BCUT2D eigenvalue weighted by Gasteiger charge is 2.23. The molecule has 0 saturated heterocycles. The molecule has 0 atom stereocenters. The summed E-state index contributed by atoms with van der Waals surface area (Å²) in [5.74, 6) is 1.39. The van der Waals surface area contributed by atoms with Gasteiger partial charge in [0.05, 0.1) is 18.4 Å². The largest absolute Gasteiger partial charge is 0.494 e. The number of nitrogens with zero attached hydrogens (tertiary/aromatic N) is 3. The molecule has 0 N–H and O–H groups in total. The van der Waals surface area contributed by atoms with E-state index in [1.807, 2.05) is 50.5 Å². The van der Waals surface area contributed by atoms with Gasteiger partial charge in [-0.3, -0.25) is 9.69 Å². The first-order valence-corrected chi connectivity index (χ1v) is 12.4. The third kappa shape index (κ3) is 6.45. The van der Waals surface area contributed by atoms with Crippen LogP contribution in [0.2, 0.25) is 0 Å². The Kier molecular flexibility index (Phi) is 9.09. The van der Waals surface area contributed by atoms with E-state index in [-0.39, 0.29) is 5.91 Å². The van der Waals surface area contributed by atoms with Crippen molar-refractivity contribution < 1.29 is 14.3 Å². The van der Waals surface area contributed by atoms with Crippen LogP contribution in [-0.4, -0.2) is 56.7 Å². The number of carbonyl (C=O) groups excluding carboxylic acids is 1. The van der Waals surface area contributed by atoms with Crippen molar-refractivity contribution in [2.75, 3.05) is 45.8 Å². The minimum Gasteiger partial charge on any atom is -0.494 e. The normalized spacial score (nSPS) is 11.2. The zero-order valence-electron chi connectivity index (χ0n) is 20.4. The van der Waals surface area contributed by atoms with E-state index in [0.717, 1.165) is 59.5 Å². The number of aryl methyl sites for hydroxylation is 1. The molecular formula is C26H35N3O3S. The van der Waals surface area contributed by atoms with Gasteiger partial charge in [-0.25, -0.2) is 4.98 Å². The summed E-state index contributed by atoms with van der Waals surface area (Å²) in [5.41, 5.74) is 2.53. The van der Waals surface area contributed by atoms with Crippen LogP contribution >= 0.6 is 11.3 Å². The van der Waals surface area contributed by atoms with Gasteiger partial charge < -0.3 is 14.4 Å². The van der Waals surface area contributed by atoms with E-state index in [4.69, 9.17) is 14.5 Å². The number of hydrogen-bond acceptors (Lipinski definition) is 6. The van der Waals surface area contributed by atoms with Gasteiger partial charge >= 0.3 is 0 Å². The lowest BCUT2D eigenvalue weighted by atomic mass is 10.2. The number of benzene rings is 2. The molecule has 3 rings (SSSR count). The van der Waals surface area contributed by atoms with Gasteiger partial charge in [0.1, 0.15) is 17.0 Å². The molecule has 0 spiro atoms. The number of carbonyl (C=O) groups is 1. The van der Waals surface area contributed by atoms with Crippen molar-refractivity contribution in [1.82, 2.24) is 9.88 Å². The third-order valence-corrected chi connectivity index (χ3v) is 6.69.